The van der Waals surface area contributed by atoms with Crippen molar-refractivity contribution in [1.82, 2.24) is 0 Å². The predicted molar refractivity (Wildman–Crippen MR) is 49.9 cm³/mol. The van der Waals surface area contributed by atoms with E-state index in [4.69, 9.17) is 4.74 Å². The molecule has 1 heteroatoms. The molecule has 0 saturated heterocycles. The summed E-state index contributed by atoms with van der Waals surface area (Å²) in [4.78, 5) is 0. The minimum absolute atomic E-state index is 0.142. The molecule has 2 bridgehead atoms. The van der Waals surface area contributed by atoms with Crippen LogP contribution in [0.1, 0.15) is 12.8 Å². The first-order valence-corrected chi connectivity index (χ1v) is 4.40. The predicted octanol–water partition coefficient (Wildman–Crippen LogP) is 2.46. The molecule has 1 nitrogen and oxygen atoms in total. The molecule has 0 heterocycles. The molecule has 0 amide bonds. The molecule has 0 aromatic rings. The van der Waals surface area contributed by atoms with Crippen molar-refractivity contribution in [2.24, 2.45) is 5.92 Å². The first-order valence-electron chi connectivity index (χ1n) is 4.40. The zero-order valence-corrected chi connectivity index (χ0v) is 7.42. The van der Waals surface area contributed by atoms with Crippen LogP contribution >= 0.6 is 0 Å². The quantitative estimate of drug-likeness (QED) is 0.567. The minimum Gasteiger partial charge on any atom is -0.369 e. The van der Waals surface area contributed by atoms with Gasteiger partial charge in [0.05, 0.1) is 0 Å². The summed E-state index contributed by atoms with van der Waals surface area (Å²) in [7, 11) is 1.77. The molecule has 0 fully saturated rings. The Morgan fingerprint density at radius 3 is 3.00 bits per heavy atom. The number of methoxy groups -OCH3 is 1. The van der Waals surface area contributed by atoms with Gasteiger partial charge < -0.3 is 4.74 Å². The average Bonchev–Trinajstić information content (AvgIpc) is 2.19. The maximum absolute atomic E-state index is 5.54. The van der Waals surface area contributed by atoms with E-state index in [1.165, 1.54) is 12.0 Å². The van der Waals surface area contributed by atoms with Crippen molar-refractivity contribution in [1.29, 1.82) is 0 Å². The highest BCUT2D eigenvalue weighted by Crippen LogP contribution is 2.41. The maximum Gasteiger partial charge on any atom is 0.111 e. The lowest BCUT2D eigenvalue weighted by atomic mass is 9.73. The molecule has 0 N–H and O–H groups in total. The molecule has 0 aliphatic heterocycles. The SMILES string of the molecule is C=CC1=CC2C=CC1(OC)CC2. The summed E-state index contributed by atoms with van der Waals surface area (Å²) in [5.41, 5.74) is 1.10. The van der Waals surface area contributed by atoms with Crippen molar-refractivity contribution < 1.29 is 4.74 Å². The summed E-state index contributed by atoms with van der Waals surface area (Å²) in [6, 6.07) is 0. The zero-order chi connectivity index (χ0) is 8.60. The van der Waals surface area contributed by atoms with Gasteiger partial charge in [-0.3, -0.25) is 0 Å². The summed E-state index contributed by atoms with van der Waals surface area (Å²) in [5, 5.41) is 0. The van der Waals surface area contributed by atoms with Crippen LogP contribution in [0.5, 0.6) is 0 Å². The fourth-order valence-corrected chi connectivity index (χ4v) is 2.12. The van der Waals surface area contributed by atoms with Gasteiger partial charge in [-0.1, -0.05) is 30.9 Å². The van der Waals surface area contributed by atoms with Crippen molar-refractivity contribution in [2.75, 3.05) is 7.11 Å². The zero-order valence-electron chi connectivity index (χ0n) is 7.42. The van der Waals surface area contributed by atoms with Gasteiger partial charge in [-0.2, -0.15) is 0 Å². The van der Waals surface area contributed by atoms with E-state index in [1.54, 1.807) is 7.11 Å². The Kier molecular flexibility index (Phi) is 1.69. The monoisotopic (exact) mass is 162 g/mol. The topological polar surface area (TPSA) is 9.23 Å². The highest BCUT2D eigenvalue weighted by molar-refractivity contribution is 5.41. The standard InChI is InChI=1S/C11H14O/c1-3-10-8-9-4-6-11(10,12-2)7-5-9/h3-4,6,8-9H,1,5,7H2,2H3. The van der Waals surface area contributed by atoms with E-state index in [9.17, 15) is 0 Å². The highest BCUT2D eigenvalue weighted by atomic mass is 16.5. The third kappa shape index (κ3) is 0.896. The van der Waals surface area contributed by atoms with Gasteiger partial charge >= 0.3 is 0 Å². The van der Waals surface area contributed by atoms with Gasteiger partial charge in [0.1, 0.15) is 5.60 Å². The number of allylic oxidation sites excluding steroid dienone is 2. The molecule has 3 aliphatic carbocycles. The van der Waals surface area contributed by atoms with E-state index in [2.05, 4.69) is 24.8 Å². The Hall–Kier alpha value is -0.820. The summed E-state index contributed by atoms with van der Waals surface area (Å²) < 4.78 is 5.54. The van der Waals surface area contributed by atoms with Crippen LogP contribution in [0.25, 0.3) is 0 Å². The normalized spacial score (nSPS) is 38.1. The Labute approximate surface area is 73.4 Å². The molecular formula is C11H14O. The largest absolute Gasteiger partial charge is 0.369 e. The number of hydrogen-bond donors (Lipinski definition) is 0. The van der Waals surface area contributed by atoms with Crippen LogP contribution in [0.15, 0.2) is 36.5 Å². The summed E-state index contributed by atoms with van der Waals surface area (Å²) in [6.07, 6.45) is 10.9. The van der Waals surface area contributed by atoms with Gasteiger partial charge in [-0.15, -0.1) is 0 Å². The van der Waals surface area contributed by atoms with E-state index >= 15 is 0 Å². The van der Waals surface area contributed by atoms with Crippen LogP contribution in [0, 0.1) is 5.92 Å². The van der Waals surface area contributed by atoms with Gasteiger partial charge in [0.15, 0.2) is 0 Å². The van der Waals surface area contributed by atoms with E-state index < -0.39 is 0 Å². The Morgan fingerprint density at radius 1 is 1.75 bits per heavy atom. The Morgan fingerprint density at radius 2 is 2.58 bits per heavy atom. The molecule has 3 rings (SSSR count). The second-order valence-electron chi connectivity index (χ2n) is 3.48. The smallest absolute Gasteiger partial charge is 0.111 e. The van der Waals surface area contributed by atoms with Gasteiger partial charge in [-0.25, -0.2) is 0 Å². The lowest BCUT2D eigenvalue weighted by Gasteiger charge is -2.40. The van der Waals surface area contributed by atoms with Crippen molar-refractivity contribution in [3.8, 4) is 0 Å². The van der Waals surface area contributed by atoms with Crippen molar-refractivity contribution >= 4 is 0 Å². The van der Waals surface area contributed by atoms with Gasteiger partial charge in [0.25, 0.3) is 0 Å². The van der Waals surface area contributed by atoms with Crippen molar-refractivity contribution in [3.05, 3.63) is 36.5 Å². The van der Waals surface area contributed by atoms with E-state index in [-0.39, 0.29) is 5.60 Å². The third-order valence-electron chi connectivity index (χ3n) is 2.93. The van der Waals surface area contributed by atoms with Crippen molar-refractivity contribution in [2.45, 2.75) is 18.4 Å². The fraction of sp³-hybridized carbons (Fsp3) is 0.455. The van der Waals surface area contributed by atoms with E-state index in [0.717, 1.165) is 6.42 Å². The third-order valence-corrected chi connectivity index (χ3v) is 2.93. The van der Waals surface area contributed by atoms with Crippen LogP contribution in [-0.2, 0) is 4.74 Å². The lowest BCUT2D eigenvalue weighted by molar-refractivity contribution is 0.0444. The van der Waals surface area contributed by atoms with Crippen LogP contribution in [0.2, 0.25) is 0 Å². The van der Waals surface area contributed by atoms with Crippen LogP contribution in [-0.4, -0.2) is 12.7 Å². The van der Waals surface area contributed by atoms with Gasteiger partial charge in [-0.05, 0) is 24.3 Å². The molecule has 0 spiro atoms. The second kappa shape index (κ2) is 2.60. The maximum atomic E-state index is 5.54. The molecular weight excluding hydrogens is 148 g/mol. The number of fused-ring (bicyclic) bond motifs is 1. The molecule has 0 aromatic heterocycles. The highest BCUT2D eigenvalue weighted by Gasteiger charge is 2.37. The van der Waals surface area contributed by atoms with Crippen LogP contribution in [0.3, 0.4) is 0 Å². The minimum atomic E-state index is -0.142. The second-order valence-corrected chi connectivity index (χ2v) is 3.48. The fourth-order valence-electron chi connectivity index (χ4n) is 2.12. The molecule has 12 heavy (non-hydrogen) atoms. The average molecular weight is 162 g/mol. The first-order chi connectivity index (χ1) is 5.80. The molecule has 2 atom stereocenters. The van der Waals surface area contributed by atoms with Gasteiger partial charge in [0, 0.05) is 7.11 Å². The Balaban J connectivity index is 2.41. The number of rotatable bonds is 2. The summed E-state index contributed by atoms with van der Waals surface area (Å²) >= 11 is 0. The van der Waals surface area contributed by atoms with Gasteiger partial charge in [0.2, 0.25) is 0 Å². The van der Waals surface area contributed by atoms with Crippen LogP contribution in [0.4, 0.5) is 0 Å². The first kappa shape index (κ1) is 7.81. The molecule has 0 radical (unpaired) electrons. The van der Waals surface area contributed by atoms with Crippen molar-refractivity contribution in [3.63, 3.8) is 0 Å². The molecule has 0 saturated carbocycles. The van der Waals surface area contributed by atoms with Crippen LogP contribution < -0.4 is 0 Å². The molecule has 0 aromatic carbocycles. The lowest BCUT2D eigenvalue weighted by Crippen LogP contribution is -2.37. The van der Waals surface area contributed by atoms with E-state index in [0.29, 0.717) is 5.92 Å². The summed E-state index contributed by atoms with van der Waals surface area (Å²) in [5.74, 6) is 0.620. The molecule has 64 valence electrons. The molecule has 2 unspecified atom stereocenters. The number of ether oxygens (including phenoxy) is 1. The van der Waals surface area contributed by atoms with E-state index in [1.807, 2.05) is 6.08 Å². The number of hydrogen-bond acceptors (Lipinski definition) is 1. The Bertz CT molecular complexity index is 262. The summed E-state index contributed by atoms with van der Waals surface area (Å²) in [6.45, 7) is 3.81. The molecule has 3 aliphatic rings.